The third-order valence-electron chi connectivity index (χ3n) is 11.6. The molecular weight excluding hydrogens is 965 g/mol. The summed E-state index contributed by atoms with van der Waals surface area (Å²) in [5, 5.41) is 39.8. The van der Waals surface area contributed by atoms with Crippen LogP contribution >= 0.6 is 0 Å². The summed E-state index contributed by atoms with van der Waals surface area (Å²) in [7, 11) is 0. The quantitative estimate of drug-likeness (QED) is 0.0497. The maximum Gasteiger partial charge on any atom is 0.245 e. The van der Waals surface area contributed by atoms with Crippen molar-refractivity contribution in [1.82, 2.24) is 67.5 Å². The largest absolute Gasteiger partial charge is 0.394 e. The average Bonchev–Trinajstić information content (AvgIpc) is 4.06. The molecule has 0 fully saturated rings. The van der Waals surface area contributed by atoms with E-state index in [9.17, 15) is 43.5 Å². The fraction of sp³-hybridized carbons (Fsp3) is 0.729. The molecule has 74 heavy (non-hydrogen) atoms. The molecule has 12 N–H and O–H groups in total. The van der Waals surface area contributed by atoms with Crippen LogP contribution in [0.5, 0.6) is 0 Å². The normalized spacial score (nSPS) is 21.4. The number of amides is 8. The van der Waals surface area contributed by atoms with E-state index in [4.69, 9.17) is 19.9 Å². The molecule has 3 heterocycles. The number of nitrogens with one attached hydrogen (secondary N) is 9. The molecule has 0 saturated carbocycles. The molecule has 5 unspecified atom stereocenters. The molecule has 416 valence electrons. The Hall–Kier alpha value is -6.09. The molecule has 0 radical (unpaired) electrons. The number of hydrogen-bond donors (Lipinski definition) is 11. The first-order valence-corrected chi connectivity index (χ1v) is 25.8. The lowest BCUT2D eigenvalue weighted by Gasteiger charge is -2.28. The van der Waals surface area contributed by atoms with Gasteiger partial charge in [-0.2, -0.15) is 0 Å². The molecule has 8 amide bonds. The second kappa shape index (κ2) is 35.2. The molecule has 1 aliphatic rings. The van der Waals surface area contributed by atoms with Crippen LogP contribution in [0.1, 0.15) is 104 Å². The van der Waals surface area contributed by atoms with E-state index in [1.807, 2.05) is 20.8 Å². The third kappa shape index (κ3) is 24.8. The predicted molar refractivity (Wildman–Crippen MR) is 269 cm³/mol. The van der Waals surface area contributed by atoms with E-state index in [-0.39, 0.29) is 44.1 Å². The summed E-state index contributed by atoms with van der Waals surface area (Å²) in [6.07, 6.45) is 9.23. The number of fused-ring (bicyclic) bond motifs is 2. The van der Waals surface area contributed by atoms with Crippen molar-refractivity contribution in [1.29, 1.82) is 0 Å². The highest BCUT2D eigenvalue weighted by Crippen LogP contribution is 2.11. The van der Waals surface area contributed by atoms with Gasteiger partial charge in [-0.3, -0.25) is 43.0 Å². The molecule has 0 saturated heterocycles. The maximum absolute atomic E-state index is 14.0. The number of imidazole rings is 1. The molecule has 0 aromatic carbocycles. The predicted octanol–water partition coefficient (Wildman–Crippen LogP) is -2.22. The van der Waals surface area contributed by atoms with Crippen LogP contribution in [0.25, 0.3) is 0 Å². The number of aliphatic hydroxyl groups is 1. The highest BCUT2D eigenvalue weighted by atomic mass is 16.5. The number of carbonyl (C=O) groups excluding carboxylic acids is 8. The highest BCUT2D eigenvalue weighted by molar-refractivity contribution is 5.97. The lowest BCUT2D eigenvalue weighted by molar-refractivity contribution is -0.135. The molecule has 1 aliphatic heterocycles. The summed E-state index contributed by atoms with van der Waals surface area (Å²) < 4.78 is 18.3. The lowest BCUT2D eigenvalue weighted by atomic mass is 10.00. The van der Waals surface area contributed by atoms with Crippen molar-refractivity contribution < 1.29 is 57.7 Å². The monoisotopic (exact) mass is 1050 g/mol. The van der Waals surface area contributed by atoms with E-state index in [2.05, 4.69) is 62.8 Å². The summed E-state index contributed by atoms with van der Waals surface area (Å²) in [4.78, 5) is 114. The van der Waals surface area contributed by atoms with Gasteiger partial charge < -0.3 is 72.6 Å². The number of H-pyrrole nitrogens is 1. The zero-order valence-electron chi connectivity index (χ0n) is 43.7. The van der Waals surface area contributed by atoms with Gasteiger partial charge in [0, 0.05) is 70.2 Å². The second-order valence-electron chi connectivity index (χ2n) is 18.9. The van der Waals surface area contributed by atoms with Crippen LogP contribution in [-0.4, -0.2) is 179 Å². The maximum atomic E-state index is 14.0. The Balaban J connectivity index is 1.65. The van der Waals surface area contributed by atoms with Crippen LogP contribution in [0.15, 0.2) is 18.7 Å². The first-order chi connectivity index (χ1) is 35.5. The molecule has 2 bridgehead atoms. The molecule has 26 nitrogen and oxygen atoms in total. The van der Waals surface area contributed by atoms with Gasteiger partial charge in [-0.05, 0) is 56.8 Å². The molecule has 6 atom stereocenters. The molecule has 0 aliphatic carbocycles. The van der Waals surface area contributed by atoms with Crippen molar-refractivity contribution in [2.45, 2.75) is 148 Å². The number of nitrogens with zero attached hydrogens (tertiary/aromatic N) is 4. The Bertz CT molecular complexity index is 2020. The van der Waals surface area contributed by atoms with Crippen molar-refractivity contribution >= 4 is 47.3 Å². The van der Waals surface area contributed by atoms with Gasteiger partial charge in [-0.25, -0.2) is 4.98 Å². The molecule has 26 heteroatoms. The van der Waals surface area contributed by atoms with Gasteiger partial charge in [0.25, 0.3) is 0 Å². The molecule has 3 rings (SSSR count). The van der Waals surface area contributed by atoms with Gasteiger partial charge in [-0.1, -0.05) is 46.3 Å². The number of rotatable bonds is 24. The number of nitrogens with two attached hydrogens (primary N) is 1. The number of aromatic amines is 1. The summed E-state index contributed by atoms with van der Waals surface area (Å²) in [6.45, 7) is 11.1. The fourth-order valence-corrected chi connectivity index (χ4v) is 7.49. The number of carbonyl (C=O) groups is 8. The minimum Gasteiger partial charge on any atom is -0.394 e. The Morgan fingerprint density at radius 3 is 2.08 bits per heavy atom. The summed E-state index contributed by atoms with van der Waals surface area (Å²) in [6, 6.07) is -7.33. The molecule has 2 aromatic rings. The number of unbranched alkanes of at least 4 members (excludes halogenated alkanes) is 1. The van der Waals surface area contributed by atoms with Crippen molar-refractivity contribution in [3.8, 4) is 0 Å². The fourth-order valence-electron chi connectivity index (χ4n) is 7.49. The zero-order chi connectivity index (χ0) is 54.3. The smallest absolute Gasteiger partial charge is 0.245 e. The number of ether oxygens (including phenoxy) is 3. The SMILES string of the molecule is CCCCC(=O)NCCCOCCOCCOCCCNC(=O)[C@@H]1CCCCn2cc(nn2)CC(N)C(=O)NC(C(C)C)C(=O)NC(Cc2cnc[nH]2)C(=O)NC(CC(C)C)C(=O)NC(CO)C(=O)NCC(=O)N1. The summed E-state index contributed by atoms with van der Waals surface area (Å²) in [5.41, 5.74) is 7.20. The molecule has 0 spiro atoms. The zero-order valence-corrected chi connectivity index (χ0v) is 43.7. The first-order valence-electron chi connectivity index (χ1n) is 25.8. The van der Waals surface area contributed by atoms with Gasteiger partial charge in [0.05, 0.1) is 57.6 Å². The minimum atomic E-state index is -1.54. The highest BCUT2D eigenvalue weighted by Gasteiger charge is 2.34. The van der Waals surface area contributed by atoms with Crippen LogP contribution in [0.3, 0.4) is 0 Å². The summed E-state index contributed by atoms with van der Waals surface area (Å²) >= 11 is 0. The molecular formula is C48H82N14O12. The average molecular weight is 1050 g/mol. The van der Waals surface area contributed by atoms with Crippen LogP contribution in [0, 0.1) is 11.8 Å². The minimum absolute atomic E-state index is 0.0113. The summed E-state index contributed by atoms with van der Waals surface area (Å²) in [5.74, 6) is -5.55. The van der Waals surface area contributed by atoms with E-state index < -0.39 is 96.7 Å². The van der Waals surface area contributed by atoms with Gasteiger partial charge in [0.1, 0.15) is 30.2 Å². The van der Waals surface area contributed by atoms with Gasteiger partial charge in [0.2, 0.25) is 47.3 Å². The van der Waals surface area contributed by atoms with Crippen LogP contribution in [0.4, 0.5) is 0 Å². The Labute approximate surface area is 433 Å². The second-order valence-corrected chi connectivity index (χ2v) is 18.9. The van der Waals surface area contributed by atoms with Crippen LogP contribution < -0.4 is 48.3 Å². The Morgan fingerprint density at radius 2 is 1.45 bits per heavy atom. The van der Waals surface area contributed by atoms with Crippen molar-refractivity contribution in [2.24, 2.45) is 17.6 Å². The molecule has 2 aromatic heterocycles. The van der Waals surface area contributed by atoms with Crippen molar-refractivity contribution in [3.05, 3.63) is 30.1 Å². The van der Waals surface area contributed by atoms with E-state index in [0.717, 1.165) is 12.8 Å². The number of aromatic nitrogens is 5. The Morgan fingerprint density at radius 1 is 0.797 bits per heavy atom. The van der Waals surface area contributed by atoms with Crippen LogP contribution in [-0.2, 0) is 72.0 Å². The topological polar surface area (TPSA) is 366 Å². The van der Waals surface area contributed by atoms with Gasteiger partial charge in [0.15, 0.2) is 0 Å². The van der Waals surface area contributed by atoms with E-state index in [1.165, 1.54) is 12.5 Å². The van der Waals surface area contributed by atoms with Crippen LogP contribution in [0.2, 0.25) is 0 Å². The first kappa shape index (κ1) is 62.2. The number of aryl methyl sites for hydroxylation is 1. The van der Waals surface area contributed by atoms with Gasteiger partial charge in [-0.15, -0.1) is 5.10 Å². The standard InChI is InChI=1S/C48H82N14O12/c1-6-7-13-40(64)51-14-10-17-72-19-21-74-22-20-73-18-11-15-52-44(67)36-12-8-9-16-62-28-34(60-61-62)24-35(49)43(66)59-42(32(4)5)48(71)57-38(25-33-26-50-30-54-33)47(70)56-37(23-31(2)3)46(69)58-39(29-63)45(68)53-27-41(65)55-36/h26,28,30-32,35-39,42,63H,6-25,27,29,49H2,1-5H3,(H,50,54)(H,51,64)(H,52,67)(H,53,68)(H,55,65)(H,56,70)(H,57,71)(H,58,69)(H,59,66)/t35?,36-,37?,38?,39?,42?/m0/s1. The third-order valence-corrected chi connectivity index (χ3v) is 11.6. The van der Waals surface area contributed by atoms with E-state index in [0.29, 0.717) is 96.2 Å². The number of hydrogen-bond acceptors (Lipinski definition) is 16. The number of aliphatic hydroxyl groups excluding tert-OH is 1. The van der Waals surface area contributed by atoms with E-state index >= 15 is 0 Å². The Kier molecular flexibility index (Phi) is 29.6. The van der Waals surface area contributed by atoms with Crippen molar-refractivity contribution in [2.75, 3.05) is 65.9 Å². The van der Waals surface area contributed by atoms with Gasteiger partial charge >= 0.3 is 0 Å². The van der Waals surface area contributed by atoms with Crippen molar-refractivity contribution in [3.63, 3.8) is 0 Å². The van der Waals surface area contributed by atoms with E-state index in [1.54, 1.807) is 24.7 Å². The lowest BCUT2D eigenvalue weighted by Crippen LogP contribution is -2.60.